The lowest BCUT2D eigenvalue weighted by Crippen LogP contribution is -2.54. The van der Waals surface area contributed by atoms with Crippen molar-refractivity contribution < 1.29 is 19.1 Å². The van der Waals surface area contributed by atoms with E-state index in [-0.39, 0.29) is 29.6 Å². The summed E-state index contributed by atoms with van der Waals surface area (Å²) in [5.41, 5.74) is 0.671. The molecular weight excluding hydrogens is 370 g/mol. The number of methoxy groups -OCH3 is 1. The molecule has 0 bridgehead atoms. The molecule has 2 N–H and O–H groups in total. The van der Waals surface area contributed by atoms with Gasteiger partial charge in [-0.15, -0.1) is 0 Å². The lowest BCUT2D eigenvalue weighted by atomic mass is 9.88. The Balaban J connectivity index is 1.98. The monoisotopic (exact) mass is 403 g/mol. The standard InChI is InChI=1S/C22H33N3O4/c1-16(2)15-19(26)24-20(21(27)23-11-14-29-3)17-9-12-25(13-10-17)22(28)18-7-5-4-6-8-18/h4-8,16-17,20H,9-15H2,1-3H3,(H,23,27)(H,24,26)/t20-/m0/s1. The van der Waals surface area contributed by atoms with Crippen molar-refractivity contribution in [3.8, 4) is 0 Å². The van der Waals surface area contributed by atoms with Gasteiger partial charge in [0.25, 0.3) is 5.91 Å². The number of hydrogen-bond acceptors (Lipinski definition) is 4. The molecule has 2 rings (SSSR count). The summed E-state index contributed by atoms with van der Waals surface area (Å²) in [6, 6.07) is 8.62. The van der Waals surface area contributed by atoms with Crippen LogP contribution in [0.5, 0.6) is 0 Å². The smallest absolute Gasteiger partial charge is 0.253 e. The van der Waals surface area contributed by atoms with Crippen LogP contribution in [0.2, 0.25) is 0 Å². The molecule has 1 aliphatic heterocycles. The summed E-state index contributed by atoms with van der Waals surface area (Å²) in [7, 11) is 1.58. The van der Waals surface area contributed by atoms with Crippen molar-refractivity contribution in [1.29, 1.82) is 0 Å². The number of piperidine rings is 1. The summed E-state index contributed by atoms with van der Waals surface area (Å²) in [5, 5.41) is 5.77. The third-order valence-corrected chi connectivity index (χ3v) is 5.12. The van der Waals surface area contributed by atoms with Gasteiger partial charge in [-0.1, -0.05) is 32.0 Å². The molecule has 1 fully saturated rings. The van der Waals surface area contributed by atoms with Gasteiger partial charge >= 0.3 is 0 Å². The topological polar surface area (TPSA) is 87.7 Å². The second-order valence-electron chi connectivity index (χ2n) is 7.92. The molecule has 1 atom stereocenters. The molecule has 0 unspecified atom stereocenters. The summed E-state index contributed by atoms with van der Waals surface area (Å²) in [5.74, 6) is -0.0818. The molecular formula is C22H33N3O4. The number of nitrogens with one attached hydrogen (secondary N) is 2. The third-order valence-electron chi connectivity index (χ3n) is 5.12. The fourth-order valence-electron chi connectivity index (χ4n) is 3.59. The summed E-state index contributed by atoms with van der Waals surface area (Å²) >= 11 is 0. The number of amides is 3. The predicted octanol–water partition coefficient (Wildman–Crippen LogP) is 1.83. The highest BCUT2D eigenvalue weighted by Crippen LogP contribution is 2.23. The van der Waals surface area contributed by atoms with Gasteiger partial charge in [-0.2, -0.15) is 0 Å². The molecule has 1 aliphatic rings. The maximum atomic E-state index is 12.7. The van der Waals surface area contributed by atoms with Crippen LogP contribution in [-0.4, -0.2) is 62.0 Å². The highest BCUT2D eigenvalue weighted by Gasteiger charge is 2.33. The lowest BCUT2D eigenvalue weighted by molar-refractivity contribution is -0.131. The van der Waals surface area contributed by atoms with Crippen LogP contribution >= 0.6 is 0 Å². The van der Waals surface area contributed by atoms with Gasteiger partial charge in [0.05, 0.1) is 6.61 Å². The van der Waals surface area contributed by atoms with Crippen molar-refractivity contribution in [3.63, 3.8) is 0 Å². The molecule has 7 heteroatoms. The Morgan fingerprint density at radius 2 is 1.79 bits per heavy atom. The number of carbonyl (C=O) groups is 3. The third kappa shape index (κ3) is 7.16. The van der Waals surface area contributed by atoms with Crippen molar-refractivity contribution in [3.05, 3.63) is 35.9 Å². The van der Waals surface area contributed by atoms with E-state index in [0.29, 0.717) is 51.1 Å². The Morgan fingerprint density at radius 1 is 1.14 bits per heavy atom. The van der Waals surface area contributed by atoms with E-state index in [2.05, 4.69) is 10.6 Å². The molecule has 0 aromatic heterocycles. The van der Waals surface area contributed by atoms with E-state index in [1.807, 2.05) is 49.1 Å². The van der Waals surface area contributed by atoms with E-state index in [4.69, 9.17) is 4.74 Å². The molecule has 0 radical (unpaired) electrons. The molecule has 3 amide bonds. The van der Waals surface area contributed by atoms with Crippen LogP contribution in [0.4, 0.5) is 0 Å². The van der Waals surface area contributed by atoms with E-state index in [0.717, 1.165) is 0 Å². The molecule has 0 spiro atoms. The Kier molecular flexibility index (Phi) is 9.12. The van der Waals surface area contributed by atoms with E-state index >= 15 is 0 Å². The maximum absolute atomic E-state index is 12.7. The van der Waals surface area contributed by atoms with Gasteiger partial charge in [-0.05, 0) is 36.8 Å². The second kappa shape index (κ2) is 11.6. The summed E-state index contributed by atoms with van der Waals surface area (Å²) < 4.78 is 4.99. The van der Waals surface area contributed by atoms with Gasteiger partial charge in [-0.25, -0.2) is 0 Å². The van der Waals surface area contributed by atoms with Gasteiger partial charge in [0, 0.05) is 38.7 Å². The highest BCUT2D eigenvalue weighted by atomic mass is 16.5. The number of likely N-dealkylation sites (tertiary alicyclic amines) is 1. The van der Waals surface area contributed by atoms with Gasteiger partial charge < -0.3 is 20.3 Å². The van der Waals surface area contributed by atoms with Crippen molar-refractivity contribution >= 4 is 17.7 Å². The molecule has 1 aromatic rings. The van der Waals surface area contributed by atoms with Crippen LogP contribution in [0.1, 0.15) is 43.5 Å². The van der Waals surface area contributed by atoms with E-state index < -0.39 is 6.04 Å². The Morgan fingerprint density at radius 3 is 2.38 bits per heavy atom. The highest BCUT2D eigenvalue weighted by molar-refractivity contribution is 5.94. The lowest BCUT2D eigenvalue weighted by Gasteiger charge is -2.36. The number of ether oxygens (including phenoxy) is 1. The van der Waals surface area contributed by atoms with Crippen LogP contribution in [0.15, 0.2) is 30.3 Å². The van der Waals surface area contributed by atoms with Gasteiger partial charge in [0.1, 0.15) is 6.04 Å². The van der Waals surface area contributed by atoms with E-state index in [1.165, 1.54) is 0 Å². The number of rotatable bonds is 9. The zero-order chi connectivity index (χ0) is 21.2. The number of hydrogen-bond donors (Lipinski definition) is 2. The van der Waals surface area contributed by atoms with Crippen molar-refractivity contribution in [2.24, 2.45) is 11.8 Å². The summed E-state index contributed by atoms with van der Waals surface area (Å²) in [6.45, 7) is 5.90. The first-order valence-electron chi connectivity index (χ1n) is 10.3. The van der Waals surface area contributed by atoms with Crippen LogP contribution in [0, 0.1) is 11.8 Å². The average Bonchev–Trinajstić information content (AvgIpc) is 2.72. The summed E-state index contributed by atoms with van der Waals surface area (Å²) in [4.78, 5) is 39.5. The maximum Gasteiger partial charge on any atom is 0.253 e. The normalized spacial score (nSPS) is 15.8. The number of benzene rings is 1. The first-order chi connectivity index (χ1) is 13.9. The molecule has 1 heterocycles. The molecule has 7 nitrogen and oxygen atoms in total. The van der Waals surface area contributed by atoms with Crippen LogP contribution in [0.3, 0.4) is 0 Å². The minimum Gasteiger partial charge on any atom is -0.383 e. The minimum absolute atomic E-state index is 0.00604. The van der Waals surface area contributed by atoms with E-state index in [1.54, 1.807) is 7.11 Å². The number of carbonyl (C=O) groups excluding carboxylic acids is 3. The zero-order valence-corrected chi connectivity index (χ0v) is 17.6. The first kappa shape index (κ1) is 22.9. The molecule has 1 aromatic carbocycles. The zero-order valence-electron chi connectivity index (χ0n) is 17.6. The quantitative estimate of drug-likeness (QED) is 0.616. The Hall–Kier alpha value is -2.41. The Bertz CT molecular complexity index is 670. The molecule has 1 saturated heterocycles. The minimum atomic E-state index is -0.591. The van der Waals surface area contributed by atoms with Crippen LogP contribution in [0.25, 0.3) is 0 Å². The fraction of sp³-hybridized carbons (Fsp3) is 0.591. The molecule has 160 valence electrons. The fourth-order valence-corrected chi connectivity index (χ4v) is 3.59. The number of nitrogens with zero attached hydrogens (tertiary/aromatic N) is 1. The van der Waals surface area contributed by atoms with Crippen LogP contribution in [-0.2, 0) is 14.3 Å². The Labute approximate surface area is 173 Å². The average molecular weight is 404 g/mol. The SMILES string of the molecule is COCCNC(=O)[C@@H](NC(=O)CC(C)C)C1CCN(C(=O)c2ccccc2)CC1. The van der Waals surface area contributed by atoms with Gasteiger partial charge in [0.15, 0.2) is 0 Å². The van der Waals surface area contributed by atoms with Gasteiger partial charge in [-0.3, -0.25) is 14.4 Å². The molecule has 29 heavy (non-hydrogen) atoms. The van der Waals surface area contributed by atoms with Crippen molar-refractivity contribution in [2.45, 2.75) is 39.2 Å². The van der Waals surface area contributed by atoms with Crippen LogP contribution < -0.4 is 10.6 Å². The first-order valence-corrected chi connectivity index (χ1v) is 10.3. The van der Waals surface area contributed by atoms with Crippen molar-refractivity contribution in [1.82, 2.24) is 15.5 Å². The summed E-state index contributed by atoms with van der Waals surface area (Å²) in [6.07, 6.45) is 1.72. The second-order valence-corrected chi connectivity index (χ2v) is 7.92. The largest absolute Gasteiger partial charge is 0.383 e. The molecule has 0 saturated carbocycles. The molecule has 0 aliphatic carbocycles. The van der Waals surface area contributed by atoms with E-state index in [9.17, 15) is 14.4 Å². The predicted molar refractivity (Wildman–Crippen MR) is 111 cm³/mol. The van der Waals surface area contributed by atoms with Gasteiger partial charge in [0.2, 0.25) is 11.8 Å². The van der Waals surface area contributed by atoms with Crippen molar-refractivity contribution in [2.75, 3.05) is 33.4 Å².